The van der Waals surface area contributed by atoms with Gasteiger partial charge in [0, 0.05) is 15.6 Å². The quantitative estimate of drug-likeness (QED) is 0.449. The molecule has 0 amide bonds. The summed E-state index contributed by atoms with van der Waals surface area (Å²) < 4.78 is 39.2. The van der Waals surface area contributed by atoms with Crippen LogP contribution in [0.1, 0.15) is 14.8 Å². The average Bonchev–Trinajstić information content (AvgIpc) is 1.99. The molecule has 2 N–H and O–H groups in total. The van der Waals surface area contributed by atoms with Gasteiger partial charge in [-0.1, -0.05) is 6.92 Å². The molecule has 8 nitrogen and oxygen atoms in total. The van der Waals surface area contributed by atoms with E-state index in [1.54, 1.807) is 0 Å². The van der Waals surface area contributed by atoms with Gasteiger partial charge >= 0.3 is 53.7 Å². The van der Waals surface area contributed by atoms with Crippen LogP contribution in [0.25, 0.3) is 0 Å². The molecule has 0 aliphatic rings. The molecule has 82 valence electrons. The third-order valence-electron chi connectivity index (χ3n) is 0.963. The summed E-state index contributed by atoms with van der Waals surface area (Å²) in [4.78, 5) is 27.4. The van der Waals surface area contributed by atoms with E-state index in [0.29, 0.717) is 0 Å². The molecule has 0 saturated heterocycles. The molecule has 0 aromatic heterocycles. The van der Waals surface area contributed by atoms with E-state index < -0.39 is 29.6 Å². The van der Waals surface area contributed by atoms with Gasteiger partial charge in [-0.3, -0.25) is 4.79 Å². The first kappa shape index (κ1) is 18.3. The van der Waals surface area contributed by atoms with E-state index in [1.165, 1.54) is 6.92 Å². The maximum absolute atomic E-state index is 11.3. The van der Waals surface area contributed by atoms with Crippen LogP contribution in [0.5, 0.6) is 0 Å². The van der Waals surface area contributed by atoms with Crippen LogP contribution >= 0.6 is 24.1 Å². The Balaban J connectivity index is -0.000000845. The number of carbonyl (C=O) groups excluding carboxylic acids is 1. The van der Waals surface area contributed by atoms with E-state index in [2.05, 4.69) is 8.62 Å². The Morgan fingerprint density at radius 3 is 1.87 bits per heavy atom. The van der Waals surface area contributed by atoms with E-state index >= 15 is 0 Å². The molecule has 0 aliphatic carbocycles. The van der Waals surface area contributed by atoms with Crippen LogP contribution in [0.15, 0.2) is 0 Å². The Bertz CT molecular complexity index is 300. The second kappa shape index (κ2) is 8.09. The number of hydrogen-bond donors (Lipinski definition) is 2. The van der Waals surface area contributed by atoms with Crippen LogP contribution in [0.3, 0.4) is 0 Å². The third kappa shape index (κ3) is 6.97. The van der Waals surface area contributed by atoms with Gasteiger partial charge < -0.3 is 1.43 Å². The van der Waals surface area contributed by atoms with Gasteiger partial charge in [-0.2, -0.15) is 0 Å². The van der Waals surface area contributed by atoms with Crippen molar-refractivity contribution in [2.45, 2.75) is 13.3 Å². The summed E-state index contributed by atoms with van der Waals surface area (Å²) in [5.41, 5.74) is -1.15. The fourth-order valence-corrected chi connectivity index (χ4v) is 3.46. The maximum atomic E-state index is 11.3. The molecule has 0 radical (unpaired) electrons. The molecule has 0 rings (SSSR count). The Labute approximate surface area is 111 Å². The molecule has 0 heterocycles. The SMILES string of the molecule is CCC(=O)P(=O)(O[P+](=O)O)O[P+](=O)O.[H-].[Na+]. The van der Waals surface area contributed by atoms with Gasteiger partial charge in [0.1, 0.15) is 0 Å². The first-order valence-electron chi connectivity index (χ1n) is 3.17. The zero-order chi connectivity index (χ0) is 11.4. The standard InChI is InChI=1S/C3H5O8P3.Na.H/c1-2-3(4)14(9,10-12(5)6)11-13(7)8;;/h2H2,1H3;;/q;+1;-1/p+2. The van der Waals surface area contributed by atoms with Crippen LogP contribution in [0.4, 0.5) is 0 Å². The molecule has 12 heteroatoms. The molecule has 0 aliphatic heterocycles. The summed E-state index contributed by atoms with van der Waals surface area (Å²) in [6, 6.07) is 0. The van der Waals surface area contributed by atoms with Crippen molar-refractivity contribution in [2.24, 2.45) is 0 Å². The second-order valence-electron chi connectivity index (χ2n) is 1.88. The maximum Gasteiger partial charge on any atom is 1.00 e. The number of rotatable bonds is 6. The van der Waals surface area contributed by atoms with E-state index in [1.807, 2.05) is 0 Å². The van der Waals surface area contributed by atoms with Crippen molar-refractivity contribution in [1.82, 2.24) is 0 Å². The van der Waals surface area contributed by atoms with Crippen molar-refractivity contribution in [2.75, 3.05) is 0 Å². The van der Waals surface area contributed by atoms with E-state index in [4.69, 9.17) is 9.79 Å². The first-order valence-corrected chi connectivity index (χ1v) is 6.97. The molecular formula is C3H8NaO8P3+2. The Morgan fingerprint density at radius 2 is 1.67 bits per heavy atom. The fraction of sp³-hybridized carbons (Fsp3) is 0.667. The number of hydrogen-bond acceptors (Lipinski definition) is 6. The van der Waals surface area contributed by atoms with Crippen molar-refractivity contribution in [3.8, 4) is 0 Å². The van der Waals surface area contributed by atoms with Crippen molar-refractivity contribution < 1.29 is 67.9 Å². The van der Waals surface area contributed by atoms with Gasteiger partial charge in [-0.05, 0) is 8.62 Å². The molecule has 15 heavy (non-hydrogen) atoms. The molecule has 0 aromatic carbocycles. The normalized spacial score (nSPS) is 15.9. The summed E-state index contributed by atoms with van der Waals surface area (Å²) in [7, 11) is -11.3. The molecule has 0 fully saturated rings. The smallest absolute Gasteiger partial charge is 1.00 e. The van der Waals surface area contributed by atoms with Crippen molar-refractivity contribution in [3.63, 3.8) is 0 Å². The summed E-state index contributed by atoms with van der Waals surface area (Å²) >= 11 is 0. The van der Waals surface area contributed by atoms with Gasteiger partial charge in [0.2, 0.25) is 0 Å². The largest absolute Gasteiger partial charge is 1.00 e. The predicted octanol–water partition coefficient (Wildman–Crippen LogP) is -1.43. The minimum Gasteiger partial charge on any atom is -1.00 e. The Hall–Kier alpha value is 0.940. The van der Waals surface area contributed by atoms with Crippen LogP contribution < -0.4 is 29.6 Å². The van der Waals surface area contributed by atoms with E-state index in [-0.39, 0.29) is 37.4 Å². The van der Waals surface area contributed by atoms with E-state index in [0.717, 1.165) is 0 Å². The van der Waals surface area contributed by atoms with Gasteiger partial charge in [-0.25, -0.2) is 4.57 Å². The minimum absolute atomic E-state index is 0. The second-order valence-corrected chi connectivity index (χ2v) is 5.64. The monoisotopic (exact) mass is 288 g/mol. The van der Waals surface area contributed by atoms with Crippen molar-refractivity contribution in [1.29, 1.82) is 0 Å². The molecular weight excluding hydrogens is 280 g/mol. The summed E-state index contributed by atoms with van der Waals surface area (Å²) in [6.45, 7) is 1.29. The molecule has 0 aromatic rings. The van der Waals surface area contributed by atoms with Gasteiger partial charge in [0.15, 0.2) is 0 Å². The Morgan fingerprint density at radius 1 is 1.33 bits per heavy atom. The van der Waals surface area contributed by atoms with Crippen LogP contribution in [-0.2, 0) is 27.1 Å². The molecule has 0 bridgehead atoms. The van der Waals surface area contributed by atoms with Crippen LogP contribution in [0.2, 0.25) is 0 Å². The fourth-order valence-electron chi connectivity index (χ4n) is 0.484. The summed E-state index contributed by atoms with van der Waals surface area (Å²) in [5.74, 6) is 0. The van der Waals surface area contributed by atoms with Gasteiger partial charge in [0.25, 0.3) is 5.52 Å². The van der Waals surface area contributed by atoms with Gasteiger partial charge in [-0.15, -0.1) is 9.79 Å². The zero-order valence-corrected chi connectivity index (χ0v) is 12.6. The van der Waals surface area contributed by atoms with Gasteiger partial charge in [0.05, 0.1) is 0 Å². The summed E-state index contributed by atoms with van der Waals surface area (Å²) in [6.07, 6.45) is -0.316. The van der Waals surface area contributed by atoms with Crippen LogP contribution in [0, 0.1) is 0 Å². The zero-order valence-electron chi connectivity index (χ0n) is 8.89. The summed E-state index contributed by atoms with van der Waals surface area (Å²) in [5, 5.41) is 0. The van der Waals surface area contributed by atoms with Crippen molar-refractivity contribution >= 4 is 29.6 Å². The number of carbonyl (C=O) groups is 1. The molecule has 2 atom stereocenters. The predicted molar refractivity (Wildman–Crippen MR) is 45.8 cm³/mol. The molecule has 0 spiro atoms. The molecule has 2 unspecified atom stereocenters. The minimum atomic E-state index is -4.63. The van der Waals surface area contributed by atoms with E-state index in [9.17, 15) is 18.5 Å². The van der Waals surface area contributed by atoms with Crippen molar-refractivity contribution in [3.05, 3.63) is 0 Å². The third-order valence-corrected chi connectivity index (χ3v) is 4.73. The Kier molecular flexibility index (Phi) is 9.88. The average molecular weight is 288 g/mol. The molecule has 0 saturated carbocycles. The topological polar surface area (TPSA) is 127 Å². The van der Waals surface area contributed by atoms with Crippen LogP contribution in [-0.4, -0.2) is 15.3 Å². The first-order chi connectivity index (χ1) is 6.31.